The van der Waals surface area contributed by atoms with Gasteiger partial charge in [-0.3, -0.25) is 14.5 Å². The van der Waals surface area contributed by atoms with Crippen molar-refractivity contribution in [2.45, 2.75) is 63.5 Å². The fraction of sp³-hybridized carbons (Fsp3) is 0.652. The molecule has 3 heterocycles. The van der Waals surface area contributed by atoms with Gasteiger partial charge in [-0.2, -0.15) is 0 Å². The molecule has 4 aliphatic rings. The van der Waals surface area contributed by atoms with Crippen LogP contribution in [-0.2, 0) is 19.7 Å². The normalized spacial score (nSPS) is 38.5. The highest BCUT2D eigenvalue weighted by Gasteiger charge is 2.71. The molecule has 0 radical (unpaired) electrons. The van der Waals surface area contributed by atoms with Gasteiger partial charge in [0.05, 0.1) is 19.1 Å². The lowest BCUT2D eigenvalue weighted by molar-refractivity contribution is -0.154. The monoisotopic (exact) mass is 382 g/mol. The highest BCUT2D eigenvalue weighted by Crippen LogP contribution is 2.66. The number of carbonyl (C=O) groups is 2. The van der Waals surface area contributed by atoms with Crippen molar-refractivity contribution in [1.82, 2.24) is 4.90 Å². The van der Waals surface area contributed by atoms with Crippen LogP contribution >= 0.6 is 0 Å². The van der Waals surface area contributed by atoms with E-state index in [1.54, 1.807) is 6.92 Å². The third kappa shape index (κ3) is 2.01. The van der Waals surface area contributed by atoms with E-state index in [-0.39, 0.29) is 34.7 Å². The summed E-state index contributed by atoms with van der Waals surface area (Å²) in [6.45, 7) is 6.11. The maximum atomic E-state index is 13.1. The van der Waals surface area contributed by atoms with Crippen LogP contribution in [0.25, 0.3) is 0 Å². The maximum Gasteiger partial charge on any atom is 0.310 e. The summed E-state index contributed by atoms with van der Waals surface area (Å²) in [4.78, 5) is 30.5. The molecule has 0 aromatic heterocycles. The molecule has 5 heteroatoms. The third-order valence-electron chi connectivity index (χ3n) is 8.39. The van der Waals surface area contributed by atoms with E-state index in [0.717, 1.165) is 44.5 Å². The van der Waals surface area contributed by atoms with Crippen molar-refractivity contribution < 1.29 is 14.3 Å². The second kappa shape index (κ2) is 6.06. The molecule has 3 aliphatic heterocycles. The van der Waals surface area contributed by atoms with Crippen LogP contribution < -0.4 is 4.90 Å². The lowest BCUT2D eigenvalue weighted by Crippen LogP contribution is -2.69. The number of benzene rings is 1. The Labute approximate surface area is 167 Å². The Morgan fingerprint density at radius 1 is 1.21 bits per heavy atom. The summed E-state index contributed by atoms with van der Waals surface area (Å²) in [6, 6.07) is 8.64. The molecule has 0 N–H and O–H groups in total. The summed E-state index contributed by atoms with van der Waals surface area (Å²) < 4.78 is 5.31. The predicted octanol–water partition coefficient (Wildman–Crippen LogP) is 3.12. The first kappa shape index (κ1) is 18.2. The number of carbonyl (C=O) groups excluding carboxylic acids is 2. The second-order valence-corrected chi connectivity index (χ2v) is 9.23. The average Bonchev–Trinajstić information content (AvgIpc) is 3.25. The van der Waals surface area contributed by atoms with E-state index in [1.807, 2.05) is 11.0 Å². The van der Waals surface area contributed by atoms with Crippen LogP contribution in [0.3, 0.4) is 0 Å². The lowest BCUT2D eigenvalue weighted by Gasteiger charge is -2.60. The van der Waals surface area contributed by atoms with E-state index in [9.17, 15) is 9.59 Å². The molecule has 5 nitrogen and oxygen atoms in total. The molecule has 2 saturated heterocycles. The van der Waals surface area contributed by atoms with Gasteiger partial charge in [-0.25, -0.2) is 0 Å². The Morgan fingerprint density at radius 2 is 2.00 bits per heavy atom. The molecule has 5 unspecified atom stereocenters. The van der Waals surface area contributed by atoms with Crippen molar-refractivity contribution in [3.8, 4) is 0 Å². The number of hydrogen-bond acceptors (Lipinski definition) is 4. The zero-order valence-electron chi connectivity index (χ0n) is 17.1. The van der Waals surface area contributed by atoms with Gasteiger partial charge in [0.25, 0.3) is 0 Å². The van der Waals surface area contributed by atoms with Crippen LogP contribution in [0.1, 0.15) is 51.5 Å². The number of esters is 1. The Bertz CT molecular complexity index is 839. The number of rotatable bonds is 2. The molecule has 3 fully saturated rings. The Morgan fingerprint density at radius 3 is 2.71 bits per heavy atom. The molecule has 1 amide bonds. The number of ether oxygens (including phenoxy) is 1. The van der Waals surface area contributed by atoms with Gasteiger partial charge in [0.1, 0.15) is 0 Å². The first-order valence-corrected chi connectivity index (χ1v) is 10.7. The minimum absolute atomic E-state index is 0.0292. The van der Waals surface area contributed by atoms with Gasteiger partial charge < -0.3 is 9.64 Å². The molecule has 28 heavy (non-hydrogen) atoms. The van der Waals surface area contributed by atoms with E-state index in [1.165, 1.54) is 19.1 Å². The van der Waals surface area contributed by atoms with E-state index < -0.39 is 0 Å². The van der Waals surface area contributed by atoms with Crippen LogP contribution in [0.5, 0.6) is 0 Å². The summed E-state index contributed by atoms with van der Waals surface area (Å²) in [5, 5.41) is 0. The minimum Gasteiger partial charge on any atom is -0.469 e. The van der Waals surface area contributed by atoms with Crippen molar-refractivity contribution in [2.75, 3.05) is 25.1 Å². The highest BCUT2D eigenvalue weighted by molar-refractivity contribution is 5.97. The van der Waals surface area contributed by atoms with Crippen molar-refractivity contribution in [2.24, 2.45) is 11.3 Å². The smallest absolute Gasteiger partial charge is 0.310 e. The zero-order chi connectivity index (χ0) is 19.7. The second-order valence-electron chi connectivity index (χ2n) is 9.23. The standard InChI is InChI=1S/C23H30N2O3/c1-4-22-10-7-12-24-13-11-23(21(22)24)17-8-5-6-9-18(17)25(15(2)26)19(23)16(14-22)20(27)28-3/h5-6,8-9,16,19,21H,4,7,10-14H2,1-3H3. The van der Waals surface area contributed by atoms with Gasteiger partial charge in [0, 0.05) is 24.1 Å². The number of nitrogens with zero attached hydrogens (tertiary/aromatic N) is 2. The first-order chi connectivity index (χ1) is 13.5. The number of anilines is 1. The Kier molecular flexibility index (Phi) is 3.93. The molecule has 1 saturated carbocycles. The first-order valence-electron chi connectivity index (χ1n) is 10.7. The molecular weight excluding hydrogens is 352 g/mol. The van der Waals surface area contributed by atoms with Crippen LogP contribution in [-0.4, -0.2) is 49.1 Å². The largest absolute Gasteiger partial charge is 0.469 e. The summed E-state index contributed by atoms with van der Waals surface area (Å²) >= 11 is 0. The summed E-state index contributed by atoms with van der Waals surface area (Å²) in [6.07, 6.45) is 5.25. The molecule has 1 aliphatic carbocycles. The minimum atomic E-state index is -0.268. The van der Waals surface area contributed by atoms with Gasteiger partial charge in [-0.15, -0.1) is 0 Å². The lowest BCUT2D eigenvalue weighted by atomic mass is 9.49. The fourth-order valence-corrected chi connectivity index (χ4v) is 7.62. The van der Waals surface area contributed by atoms with Gasteiger partial charge >= 0.3 is 5.97 Å². The molecule has 1 spiro atoms. The van der Waals surface area contributed by atoms with Crippen molar-refractivity contribution >= 4 is 17.6 Å². The van der Waals surface area contributed by atoms with Crippen molar-refractivity contribution in [3.05, 3.63) is 29.8 Å². The number of hydrogen-bond donors (Lipinski definition) is 0. The number of para-hydroxylation sites is 1. The maximum absolute atomic E-state index is 13.1. The van der Waals surface area contributed by atoms with Gasteiger partial charge in [0.2, 0.25) is 5.91 Å². The van der Waals surface area contributed by atoms with E-state index in [2.05, 4.69) is 30.0 Å². The van der Waals surface area contributed by atoms with Crippen LogP contribution in [0, 0.1) is 11.3 Å². The highest BCUT2D eigenvalue weighted by atomic mass is 16.5. The van der Waals surface area contributed by atoms with Crippen molar-refractivity contribution in [1.29, 1.82) is 0 Å². The summed E-state index contributed by atoms with van der Waals surface area (Å²) in [5.41, 5.74) is 2.23. The topological polar surface area (TPSA) is 49.9 Å². The van der Waals surface area contributed by atoms with Gasteiger partial charge in [0.15, 0.2) is 0 Å². The number of amides is 1. The number of fused-ring (bicyclic) bond motifs is 1. The molecule has 0 bridgehead atoms. The van der Waals surface area contributed by atoms with E-state index >= 15 is 0 Å². The molecule has 5 atom stereocenters. The average molecular weight is 383 g/mol. The summed E-state index contributed by atoms with van der Waals surface area (Å²) in [7, 11) is 1.49. The van der Waals surface area contributed by atoms with E-state index in [0.29, 0.717) is 6.04 Å². The summed E-state index contributed by atoms with van der Waals surface area (Å²) in [5.74, 6) is -0.393. The molecule has 1 aromatic carbocycles. The van der Waals surface area contributed by atoms with Crippen LogP contribution in [0.2, 0.25) is 0 Å². The third-order valence-corrected chi connectivity index (χ3v) is 8.39. The number of methoxy groups -OCH3 is 1. The Hall–Kier alpha value is -1.88. The van der Waals surface area contributed by atoms with Crippen LogP contribution in [0.4, 0.5) is 5.69 Å². The number of piperidine rings is 1. The SMILES string of the molecule is CCC12CCCN3CCC4(c5ccccc5N(C(C)=O)C4C(C(=O)OC)C1)C32. The zero-order valence-corrected chi connectivity index (χ0v) is 17.1. The van der Waals surface area contributed by atoms with Gasteiger partial charge in [-0.1, -0.05) is 25.1 Å². The molecule has 150 valence electrons. The molecule has 1 aromatic rings. The van der Waals surface area contributed by atoms with Crippen LogP contribution in [0.15, 0.2) is 24.3 Å². The van der Waals surface area contributed by atoms with Crippen molar-refractivity contribution in [3.63, 3.8) is 0 Å². The predicted molar refractivity (Wildman–Crippen MR) is 107 cm³/mol. The Balaban J connectivity index is 1.79. The molecular formula is C23H30N2O3. The van der Waals surface area contributed by atoms with E-state index in [4.69, 9.17) is 4.74 Å². The quantitative estimate of drug-likeness (QED) is 0.738. The molecule has 5 rings (SSSR count). The fourth-order valence-electron chi connectivity index (χ4n) is 7.62. The van der Waals surface area contributed by atoms with Gasteiger partial charge in [-0.05, 0) is 62.2 Å².